The Balaban J connectivity index is 2.02. The van der Waals surface area contributed by atoms with Crippen molar-refractivity contribution in [2.75, 3.05) is 26.2 Å². The van der Waals surface area contributed by atoms with Crippen LogP contribution in [0.25, 0.3) is 0 Å². The molecule has 116 valence electrons. The number of amides is 1. The molecule has 1 atom stereocenters. The lowest BCUT2D eigenvalue weighted by molar-refractivity contribution is -0.132. The van der Waals surface area contributed by atoms with Gasteiger partial charge in [-0.3, -0.25) is 9.69 Å². The van der Waals surface area contributed by atoms with Gasteiger partial charge in [0.1, 0.15) is 0 Å². The molecule has 21 heavy (non-hydrogen) atoms. The van der Waals surface area contributed by atoms with E-state index in [9.17, 15) is 4.79 Å². The summed E-state index contributed by atoms with van der Waals surface area (Å²) in [6, 6.07) is 8.06. The highest BCUT2D eigenvalue weighted by Crippen LogP contribution is 2.21. The lowest BCUT2D eigenvalue weighted by atomic mass is 9.99. The summed E-state index contributed by atoms with van der Waals surface area (Å²) in [5, 5.41) is 6.46. The van der Waals surface area contributed by atoms with Gasteiger partial charge >= 0.3 is 0 Å². The van der Waals surface area contributed by atoms with E-state index in [2.05, 4.69) is 31.5 Å². The topological polar surface area (TPSA) is 44.4 Å². The summed E-state index contributed by atoms with van der Waals surface area (Å²) in [4.78, 5) is 14.9. The maximum Gasteiger partial charge on any atom is 0.240 e. The summed E-state index contributed by atoms with van der Waals surface area (Å²) in [6.45, 7) is 9.73. The molecule has 4 nitrogen and oxygen atoms in total. The maximum atomic E-state index is 12.6. The molecule has 0 spiro atoms. The van der Waals surface area contributed by atoms with E-state index in [1.807, 2.05) is 45.0 Å². The molecule has 1 fully saturated rings. The summed E-state index contributed by atoms with van der Waals surface area (Å²) in [5.74, 6) is 0.0804. The van der Waals surface area contributed by atoms with Gasteiger partial charge in [0.05, 0.1) is 11.6 Å². The third kappa shape index (κ3) is 4.05. The van der Waals surface area contributed by atoms with Crippen LogP contribution >= 0.6 is 15.9 Å². The number of carbonyl (C=O) groups excluding carboxylic acids is 1. The van der Waals surface area contributed by atoms with Crippen molar-refractivity contribution in [2.24, 2.45) is 0 Å². The van der Waals surface area contributed by atoms with Crippen molar-refractivity contribution in [3.63, 3.8) is 0 Å². The van der Waals surface area contributed by atoms with Gasteiger partial charge < -0.3 is 10.6 Å². The van der Waals surface area contributed by atoms with Crippen LogP contribution in [0.1, 0.15) is 32.4 Å². The van der Waals surface area contributed by atoms with Gasteiger partial charge in [-0.05, 0) is 38.5 Å². The highest BCUT2D eigenvalue weighted by atomic mass is 79.9. The van der Waals surface area contributed by atoms with Crippen molar-refractivity contribution < 1.29 is 4.79 Å². The van der Waals surface area contributed by atoms with Crippen molar-refractivity contribution in [2.45, 2.75) is 32.4 Å². The van der Waals surface area contributed by atoms with E-state index in [-0.39, 0.29) is 11.9 Å². The number of nitrogens with zero attached hydrogens (tertiary/aromatic N) is 1. The van der Waals surface area contributed by atoms with E-state index in [4.69, 9.17) is 0 Å². The van der Waals surface area contributed by atoms with Gasteiger partial charge in [-0.15, -0.1) is 0 Å². The van der Waals surface area contributed by atoms with E-state index in [0.29, 0.717) is 0 Å². The van der Waals surface area contributed by atoms with Crippen molar-refractivity contribution in [3.8, 4) is 0 Å². The Labute approximate surface area is 135 Å². The summed E-state index contributed by atoms with van der Waals surface area (Å²) < 4.78 is 1.03. The standard InChI is InChI=1S/C16H24BrN3O/c1-12(13-5-4-6-14(17)11-13)19-15(21)16(2,3)20-9-7-18-8-10-20/h4-6,11-12,18H,7-10H2,1-3H3,(H,19,21)/t12-/m0/s1. The van der Waals surface area contributed by atoms with Crippen molar-refractivity contribution in [3.05, 3.63) is 34.3 Å². The molecule has 5 heteroatoms. The third-order valence-corrected chi connectivity index (χ3v) is 4.65. The monoisotopic (exact) mass is 353 g/mol. The van der Waals surface area contributed by atoms with Gasteiger partial charge in [0.2, 0.25) is 5.91 Å². The number of hydrogen-bond donors (Lipinski definition) is 2. The molecule has 1 saturated heterocycles. The van der Waals surface area contributed by atoms with Crippen LogP contribution in [0.2, 0.25) is 0 Å². The molecule has 0 saturated carbocycles. The van der Waals surface area contributed by atoms with Crippen molar-refractivity contribution >= 4 is 21.8 Å². The molecule has 0 aliphatic carbocycles. The molecule has 1 aliphatic heterocycles. The smallest absolute Gasteiger partial charge is 0.240 e. The second-order valence-corrected chi connectivity index (χ2v) is 6.96. The highest BCUT2D eigenvalue weighted by molar-refractivity contribution is 9.10. The minimum absolute atomic E-state index is 0.00260. The number of hydrogen-bond acceptors (Lipinski definition) is 3. The summed E-state index contributed by atoms with van der Waals surface area (Å²) in [5.41, 5.74) is 0.622. The van der Waals surface area contributed by atoms with Crippen LogP contribution in [0.4, 0.5) is 0 Å². The number of carbonyl (C=O) groups is 1. The zero-order valence-electron chi connectivity index (χ0n) is 12.9. The van der Waals surface area contributed by atoms with Crippen LogP contribution in [-0.2, 0) is 4.79 Å². The predicted octanol–water partition coefficient (Wildman–Crippen LogP) is 2.31. The first-order valence-electron chi connectivity index (χ1n) is 7.43. The Hall–Kier alpha value is -0.910. The zero-order valence-corrected chi connectivity index (χ0v) is 14.5. The fourth-order valence-electron chi connectivity index (χ4n) is 2.60. The first-order valence-corrected chi connectivity index (χ1v) is 8.23. The quantitative estimate of drug-likeness (QED) is 0.872. The number of halogens is 1. The van der Waals surface area contributed by atoms with Gasteiger partial charge in [0.25, 0.3) is 0 Å². The molecule has 1 aliphatic rings. The average Bonchev–Trinajstić information content (AvgIpc) is 2.48. The molecule has 1 aromatic rings. The highest BCUT2D eigenvalue weighted by Gasteiger charge is 2.35. The summed E-state index contributed by atoms with van der Waals surface area (Å²) in [7, 11) is 0. The Morgan fingerprint density at radius 3 is 2.67 bits per heavy atom. The van der Waals surface area contributed by atoms with E-state index in [0.717, 1.165) is 36.2 Å². The minimum atomic E-state index is -0.484. The largest absolute Gasteiger partial charge is 0.348 e. The van der Waals surface area contributed by atoms with Crippen molar-refractivity contribution in [1.29, 1.82) is 0 Å². The van der Waals surface area contributed by atoms with E-state index in [1.165, 1.54) is 0 Å². The van der Waals surface area contributed by atoms with Crippen LogP contribution in [0.5, 0.6) is 0 Å². The number of rotatable bonds is 4. The van der Waals surface area contributed by atoms with Crippen molar-refractivity contribution in [1.82, 2.24) is 15.5 Å². The molecule has 1 amide bonds. The SMILES string of the molecule is C[C@H](NC(=O)C(C)(C)N1CCNCC1)c1cccc(Br)c1. The Morgan fingerprint density at radius 2 is 2.05 bits per heavy atom. The summed E-state index contributed by atoms with van der Waals surface area (Å²) in [6.07, 6.45) is 0. The predicted molar refractivity (Wildman–Crippen MR) is 89.2 cm³/mol. The number of benzene rings is 1. The van der Waals surface area contributed by atoms with Crippen LogP contribution in [0.15, 0.2) is 28.7 Å². The molecule has 1 aromatic carbocycles. The zero-order chi connectivity index (χ0) is 15.5. The fraction of sp³-hybridized carbons (Fsp3) is 0.562. The number of nitrogens with one attached hydrogen (secondary N) is 2. The Kier molecular flexibility index (Phi) is 5.41. The lowest BCUT2D eigenvalue weighted by Gasteiger charge is -2.40. The van der Waals surface area contributed by atoms with E-state index >= 15 is 0 Å². The third-order valence-electron chi connectivity index (χ3n) is 4.16. The second kappa shape index (κ2) is 6.90. The Morgan fingerprint density at radius 1 is 1.38 bits per heavy atom. The average molecular weight is 354 g/mol. The molecule has 0 aromatic heterocycles. The summed E-state index contributed by atoms with van der Waals surface area (Å²) >= 11 is 3.47. The van der Waals surface area contributed by atoms with E-state index < -0.39 is 5.54 Å². The fourth-order valence-corrected chi connectivity index (χ4v) is 3.02. The van der Waals surface area contributed by atoms with Crippen LogP contribution < -0.4 is 10.6 Å². The van der Waals surface area contributed by atoms with Gasteiger partial charge in [-0.2, -0.15) is 0 Å². The minimum Gasteiger partial charge on any atom is -0.348 e. The molecule has 1 heterocycles. The molecule has 2 rings (SSSR count). The second-order valence-electron chi connectivity index (χ2n) is 6.05. The molecular weight excluding hydrogens is 330 g/mol. The molecule has 0 unspecified atom stereocenters. The van der Waals surface area contributed by atoms with Gasteiger partial charge in [-0.1, -0.05) is 28.1 Å². The van der Waals surface area contributed by atoms with Crippen LogP contribution in [0.3, 0.4) is 0 Å². The Bertz CT molecular complexity index is 498. The van der Waals surface area contributed by atoms with Gasteiger partial charge in [0, 0.05) is 30.7 Å². The van der Waals surface area contributed by atoms with Crippen LogP contribution in [-0.4, -0.2) is 42.5 Å². The maximum absolute atomic E-state index is 12.6. The molecule has 2 N–H and O–H groups in total. The van der Waals surface area contributed by atoms with E-state index in [1.54, 1.807) is 0 Å². The normalized spacial score (nSPS) is 18.3. The molecule has 0 radical (unpaired) electrons. The lowest BCUT2D eigenvalue weighted by Crippen LogP contribution is -2.60. The van der Waals surface area contributed by atoms with Gasteiger partial charge in [0.15, 0.2) is 0 Å². The number of piperazine rings is 1. The molecule has 0 bridgehead atoms. The first kappa shape index (κ1) is 16.5. The van der Waals surface area contributed by atoms with Gasteiger partial charge in [-0.25, -0.2) is 0 Å². The first-order chi connectivity index (χ1) is 9.91. The van der Waals surface area contributed by atoms with Crippen LogP contribution in [0, 0.1) is 0 Å². The molecular formula is C16H24BrN3O.